The molecule has 0 saturated heterocycles. The van der Waals surface area contributed by atoms with Gasteiger partial charge in [0, 0.05) is 33.4 Å². The van der Waals surface area contributed by atoms with Crippen LogP contribution in [0.2, 0.25) is 0 Å². The van der Waals surface area contributed by atoms with Gasteiger partial charge >= 0.3 is 0 Å². The summed E-state index contributed by atoms with van der Waals surface area (Å²) in [6, 6.07) is 53.3. The maximum Gasteiger partial charge on any atom is 0.00103 e. The normalized spacial score (nSPS) is 10.8. The quantitative estimate of drug-likeness (QED) is 0.157. The molecule has 176 valence electrons. The Kier molecular flexibility index (Phi) is 9.63. The van der Waals surface area contributed by atoms with Crippen LogP contribution in [0.25, 0.3) is 0 Å². The summed E-state index contributed by atoms with van der Waals surface area (Å²) in [7, 11) is -0.939. The van der Waals surface area contributed by atoms with Gasteiger partial charge in [-0.1, -0.05) is 146 Å². The van der Waals surface area contributed by atoms with Crippen molar-refractivity contribution in [2.75, 3.05) is 0 Å². The minimum atomic E-state index is -0.470. The molecule has 0 unspecified atom stereocenters. The second kappa shape index (κ2) is 13.1. The van der Waals surface area contributed by atoms with E-state index in [2.05, 4.69) is 146 Å². The monoisotopic (exact) mass is 669 g/mol. The molecule has 0 aliphatic heterocycles. The molecule has 0 saturated carbocycles. The summed E-state index contributed by atoms with van der Waals surface area (Å²) < 4.78 is 0. The van der Waals surface area contributed by atoms with Gasteiger partial charge in [0.05, 0.1) is 0 Å². The van der Waals surface area contributed by atoms with Crippen molar-refractivity contribution in [1.29, 1.82) is 0 Å². The van der Waals surface area contributed by atoms with E-state index in [1.54, 1.807) is 0 Å². The van der Waals surface area contributed by atoms with Gasteiger partial charge in [-0.25, -0.2) is 0 Å². The fourth-order valence-electron chi connectivity index (χ4n) is 4.30. The molecule has 0 bridgehead atoms. The molecule has 0 fully saturated rings. The molecule has 0 N–H and O–H groups in total. The maximum atomic E-state index is 2.35. The first-order valence-corrected chi connectivity index (χ1v) is 14.8. The second-order valence-corrected chi connectivity index (χ2v) is 12.7. The van der Waals surface area contributed by atoms with E-state index in [1.165, 1.54) is 32.3 Å². The Morgan fingerprint density at radius 3 is 0.800 bits per heavy atom. The first-order valence-electron chi connectivity index (χ1n) is 11.7. The average Bonchev–Trinajstić information content (AvgIpc) is 2.93. The standard InChI is InChI=1S/C32H28P2.Pt/c1-5-17-29(18-6-1)33(30-19-7-2-8-20-30)25-27-15-13-14-16-28(27)26-34(31-21-9-3-10-22-31)32-23-11-4-12-24-32;/h1-24H,25-26H2;. The molecule has 0 amide bonds. The number of benzene rings is 5. The van der Waals surface area contributed by atoms with Gasteiger partial charge in [-0.2, -0.15) is 0 Å². The third-order valence-corrected chi connectivity index (χ3v) is 11.0. The van der Waals surface area contributed by atoms with Crippen LogP contribution in [-0.4, -0.2) is 0 Å². The van der Waals surface area contributed by atoms with Crippen LogP contribution in [0.3, 0.4) is 0 Å². The van der Waals surface area contributed by atoms with E-state index < -0.39 is 15.8 Å². The molecule has 0 aliphatic carbocycles. The van der Waals surface area contributed by atoms with Crippen molar-refractivity contribution in [1.82, 2.24) is 0 Å². The van der Waals surface area contributed by atoms with Crippen molar-refractivity contribution in [3.8, 4) is 0 Å². The second-order valence-electron chi connectivity index (χ2n) is 8.28. The van der Waals surface area contributed by atoms with Crippen molar-refractivity contribution < 1.29 is 21.1 Å². The van der Waals surface area contributed by atoms with Crippen LogP contribution in [0.4, 0.5) is 0 Å². The van der Waals surface area contributed by atoms with Crippen molar-refractivity contribution in [3.63, 3.8) is 0 Å². The van der Waals surface area contributed by atoms with Crippen molar-refractivity contribution in [2.45, 2.75) is 12.3 Å². The van der Waals surface area contributed by atoms with Crippen LogP contribution in [0, 0.1) is 0 Å². The maximum absolute atomic E-state index is 2.35. The molecular weight excluding hydrogens is 641 g/mol. The number of rotatable bonds is 8. The van der Waals surface area contributed by atoms with Gasteiger partial charge in [-0.05, 0) is 48.2 Å². The number of hydrogen-bond donors (Lipinski definition) is 0. The summed E-state index contributed by atoms with van der Waals surface area (Å²) in [5.41, 5.74) is 2.95. The molecule has 0 heterocycles. The summed E-state index contributed by atoms with van der Waals surface area (Å²) in [4.78, 5) is 0. The SMILES string of the molecule is [Pt].c1ccc(P(Cc2ccccc2CP(c2ccccc2)c2ccccc2)c2ccccc2)cc1. The average molecular weight is 670 g/mol. The molecule has 0 atom stereocenters. The smallest absolute Gasteiger partial charge is 0.00103 e. The molecule has 35 heavy (non-hydrogen) atoms. The van der Waals surface area contributed by atoms with E-state index in [-0.39, 0.29) is 21.1 Å². The van der Waals surface area contributed by atoms with E-state index in [1.807, 2.05) is 0 Å². The van der Waals surface area contributed by atoms with Gasteiger partial charge in [-0.3, -0.25) is 0 Å². The van der Waals surface area contributed by atoms with Gasteiger partial charge in [0.15, 0.2) is 0 Å². The topological polar surface area (TPSA) is 0 Å². The molecule has 5 aromatic rings. The van der Waals surface area contributed by atoms with Crippen LogP contribution >= 0.6 is 15.8 Å². The van der Waals surface area contributed by atoms with Crippen LogP contribution in [0.5, 0.6) is 0 Å². The van der Waals surface area contributed by atoms with E-state index in [4.69, 9.17) is 0 Å². The van der Waals surface area contributed by atoms with Crippen LogP contribution < -0.4 is 21.2 Å². The Morgan fingerprint density at radius 2 is 0.543 bits per heavy atom. The van der Waals surface area contributed by atoms with E-state index in [0.717, 1.165) is 12.3 Å². The molecule has 0 radical (unpaired) electrons. The predicted molar refractivity (Wildman–Crippen MR) is 152 cm³/mol. The molecule has 0 aliphatic rings. The van der Waals surface area contributed by atoms with Crippen molar-refractivity contribution >= 4 is 37.1 Å². The fraction of sp³-hybridized carbons (Fsp3) is 0.0625. The Balaban J connectivity index is 0.00000289. The zero-order valence-corrected chi connectivity index (χ0v) is 23.5. The molecule has 0 aromatic heterocycles. The Morgan fingerprint density at radius 1 is 0.314 bits per heavy atom. The van der Waals surface area contributed by atoms with E-state index in [0.29, 0.717) is 0 Å². The molecular formula is C32H28P2Pt. The summed E-state index contributed by atoms with van der Waals surface area (Å²) in [6.07, 6.45) is 2.12. The first-order chi connectivity index (χ1) is 16.9. The summed E-state index contributed by atoms with van der Waals surface area (Å²) in [5, 5.41) is 5.75. The predicted octanol–water partition coefficient (Wildman–Crippen LogP) is 6.95. The van der Waals surface area contributed by atoms with Crippen molar-refractivity contribution in [3.05, 3.63) is 157 Å². The molecule has 0 spiro atoms. The minimum Gasteiger partial charge on any atom is -0.0622 e. The largest absolute Gasteiger partial charge is 0.0622 e. The van der Waals surface area contributed by atoms with E-state index in [9.17, 15) is 0 Å². The van der Waals surface area contributed by atoms with Gasteiger partial charge in [0.2, 0.25) is 0 Å². The Hall–Kier alpha value is -2.35. The molecule has 0 nitrogen and oxygen atoms in total. The third-order valence-electron chi connectivity index (χ3n) is 6.05. The molecule has 5 aromatic carbocycles. The number of hydrogen-bond acceptors (Lipinski definition) is 0. The zero-order valence-electron chi connectivity index (χ0n) is 19.5. The Labute approximate surface area is 226 Å². The zero-order chi connectivity index (χ0) is 23.0. The first kappa shape index (κ1) is 25.7. The molecule has 3 heteroatoms. The summed E-state index contributed by atoms with van der Waals surface area (Å²) in [6.45, 7) is 0. The van der Waals surface area contributed by atoms with Crippen LogP contribution in [0.15, 0.2) is 146 Å². The van der Waals surface area contributed by atoms with Crippen LogP contribution in [-0.2, 0) is 33.4 Å². The van der Waals surface area contributed by atoms with E-state index >= 15 is 0 Å². The summed E-state index contributed by atoms with van der Waals surface area (Å²) >= 11 is 0. The van der Waals surface area contributed by atoms with Crippen molar-refractivity contribution in [2.24, 2.45) is 0 Å². The van der Waals surface area contributed by atoms with Gasteiger partial charge in [-0.15, -0.1) is 0 Å². The Bertz CT molecular complexity index is 1110. The fourth-order valence-corrected chi connectivity index (χ4v) is 9.05. The third kappa shape index (κ3) is 6.66. The summed E-state index contributed by atoms with van der Waals surface area (Å²) in [5.74, 6) is 0. The minimum absolute atomic E-state index is 0. The molecule has 5 rings (SSSR count). The van der Waals surface area contributed by atoms with Gasteiger partial charge in [0.25, 0.3) is 0 Å². The van der Waals surface area contributed by atoms with Gasteiger partial charge < -0.3 is 0 Å². The van der Waals surface area contributed by atoms with Crippen LogP contribution in [0.1, 0.15) is 11.1 Å². The van der Waals surface area contributed by atoms with Gasteiger partial charge in [0.1, 0.15) is 0 Å².